The van der Waals surface area contributed by atoms with Crippen molar-refractivity contribution < 1.29 is 0 Å². The van der Waals surface area contributed by atoms with Gasteiger partial charge in [-0.3, -0.25) is 4.72 Å². The molecule has 1 aromatic carbocycles. The van der Waals surface area contributed by atoms with Gasteiger partial charge in [0.2, 0.25) is 0 Å². The number of hydrogen-bond acceptors (Lipinski definition) is 7. The quantitative estimate of drug-likeness (QED) is 0.0841. The van der Waals surface area contributed by atoms with Crippen molar-refractivity contribution in [1.82, 2.24) is 10.0 Å². The smallest absolute Gasteiger partial charge is 0.0676 e. The SMILES string of the molecule is C=CCCC=C.C=CCCCN1c2cc3c(cc2CCC1(C)C)N=C1C=C(C(CS)CC(C)(C)NS)CC=C1C3.CC.CC.CCS.CNC. The number of unbranched alkanes of at least 4 members (excludes halogenated alkanes) is 2. The Bertz CT molecular complexity index is 1190. The zero-order valence-corrected chi connectivity index (χ0v) is 36.6. The van der Waals surface area contributed by atoms with Crippen LogP contribution in [0.5, 0.6) is 0 Å². The van der Waals surface area contributed by atoms with Crippen molar-refractivity contribution in [2.24, 2.45) is 10.9 Å². The van der Waals surface area contributed by atoms with Gasteiger partial charge in [0.15, 0.2) is 0 Å². The van der Waals surface area contributed by atoms with Crippen LogP contribution in [-0.4, -0.2) is 48.9 Å². The highest BCUT2D eigenvalue weighted by Gasteiger charge is 2.34. The average Bonchev–Trinajstić information content (AvgIpc) is 3.11. The predicted molar refractivity (Wildman–Crippen MR) is 242 cm³/mol. The Hall–Kier alpha value is -1.64. The lowest BCUT2D eigenvalue weighted by molar-refractivity contribution is 0.389. The van der Waals surface area contributed by atoms with E-state index in [4.69, 9.17) is 4.99 Å². The van der Waals surface area contributed by atoms with Gasteiger partial charge in [0.05, 0.1) is 11.4 Å². The van der Waals surface area contributed by atoms with E-state index < -0.39 is 0 Å². The first kappa shape index (κ1) is 50.5. The Morgan fingerprint density at radius 1 is 0.980 bits per heavy atom. The number of aryl methyl sites for hydroxylation is 1. The standard InChI is InChI=1S/C29H41N3S2.C6H10.C2H7N.C2H6S.2C2H6/c1-6-7-8-13-32-27-17-23-14-21-10-9-20(24(19-33)18-28(2,3)31-34)15-25(21)30-26(23)16-22(27)11-12-29(32,4)5;1-3-5-6-4-2;1-3-2;1-2-3;2*1-2/h6,10,15-17,24,31,33-34H,1,7-9,11-14,18-19H2,2-5H3;3-4H,1-2,5-6H2;3H,1-2H3;3H,2H2,1H3;2*1-2H3. The van der Waals surface area contributed by atoms with Crippen molar-refractivity contribution in [3.05, 3.63) is 84.5 Å². The van der Waals surface area contributed by atoms with E-state index in [9.17, 15) is 0 Å². The lowest BCUT2D eigenvalue weighted by Crippen LogP contribution is -2.48. The number of rotatable bonds is 12. The van der Waals surface area contributed by atoms with E-state index in [-0.39, 0.29) is 11.1 Å². The number of nitrogens with one attached hydrogen (secondary N) is 2. The number of thiol groups is 3. The summed E-state index contributed by atoms with van der Waals surface area (Å²) in [5.74, 6) is 2.19. The van der Waals surface area contributed by atoms with Gasteiger partial charge in [-0.1, -0.05) is 77.3 Å². The molecule has 2 heterocycles. The van der Waals surface area contributed by atoms with Crippen LogP contribution in [0.1, 0.15) is 118 Å². The maximum Gasteiger partial charge on any atom is 0.0676 e. The third-order valence-electron chi connectivity index (χ3n) is 8.33. The first-order valence-corrected chi connectivity index (χ1v) is 20.6. The lowest BCUT2D eigenvalue weighted by atomic mass is 9.80. The van der Waals surface area contributed by atoms with Crippen LogP contribution < -0.4 is 14.9 Å². The average molecular weight is 745 g/mol. The van der Waals surface area contributed by atoms with E-state index in [1.807, 2.05) is 66.9 Å². The summed E-state index contributed by atoms with van der Waals surface area (Å²) in [6, 6.07) is 4.81. The molecule has 0 fully saturated rings. The molecule has 286 valence electrons. The number of benzene rings is 1. The van der Waals surface area contributed by atoms with Crippen molar-refractivity contribution in [2.45, 2.75) is 131 Å². The van der Waals surface area contributed by atoms with Gasteiger partial charge in [0.1, 0.15) is 0 Å². The molecule has 4 rings (SSSR count). The molecule has 7 heteroatoms. The molecular formula is C43H76N4S3. The van der Waals surface area contributed by atoms with Crippen LogP contribution in [0.3, 0.4) is 0 Å². The summed E-state index contributed by atoms with van der Waals surface area (Å²) in [5.41, 5.74) is 9.50. The molecule has 2 N–H and O–H groups in total. The third-order valence-corrected chi connectivity index (χ3v) is 9.38. The molecule has 0 saturated carbocycles. The zero-order valence-electron chi connectivity index (χ0n) is 34.0. The highest BCUT2D eigenvalue weighted by molar-refractivity contribution is 7.80. The molecule has 0 radical (unpaired) electrons. The maximum atomic E-state index is 5.18. The number of allylic oxidation sites excluding steroid dienone is 7. The summed E-state index contributed by atoms with van der Waals surface area (Å²) in [6.07, 6.45) is 20.2. The molecule has 2 aliphatic heterocycles. The molecule has 1 aromatic rings. The molecule has 0 bridgehead atoms. The topological polar surface area (TPSA) is 39.7 Å². The predicted octanol–water partition coefficient (Wildman–Crippen LogP) is 12.2. The van der Waals surface area contributed by atoms with Gasteiger partial charge in [-0.2, -0.15) is 25.3 Å². The normalized spacial score (nSPS) is 15.3. The van der Waals surface area contributed by atoms with E-state index in [1.54, 1.807) is 0 Å². The fourth-order valence-corrected chi connectivity index (χ4v) is 6.30. The maximum absolute atomic E-state index is 5.18. The van der Waals surface area contributed by atoms with Gasteiger partial charge < -0.3 is 10.2 Å². The second kappa shape index (κ2) is 28.9. The van der Waals surface area contributed by atoms with Crippen LogP contribution in [0.2, 0.25) is 0 Å². The molecular weight excluding hydrogens is 669 g/mol. The second-order valence-corrected chi connectivity index (χ2v) is 14.6. The molecule has 1 atom stereocenters. The molecule has 4 nitrogen and oxygen atoms in total. The minimum Gasteiger partial charge on any atom is -0.366 e. The minimum atomic E-state index is -0.0350. The van der Waals surface area contributed by atoms with Crippen molar-refractivity contribution in [3.63, 3.8) is 0 Å². The van der Waals surface area contributed by atoms with Crippen molar-refractivity contribution in [1.29, 1.82) is 0 Å². The Kier molecular flexibility index (Phi) is 29.2. The summed E-state index contributed by atoms with van der Waals surface area (Å²) in [4.78, 5) is 7.82. The molecule has 1 aliphatic carbocycles. The molecule has 0 aromatic heterocycles. The first-order chi connectivity index (χ1) is 23.9. The van der Waals surface area contributed by atoms with Crippen LogP contribution in [0.4, 0.5) is 11.4 Å². The third kappa shape index (κ3) is 17.7. The number of nitrogens with zero attached hydrogens (tertiary/aromatic N) is 2. The van der Waals surface area contributed by atoms with E-state index in [2.05, 4.69) is 125 Å². The van der Waals surface area contributed by atoms with Crippen LogP contribution in [0.15, 0.2) is 78.4 Å². The van der Waals surface area contributed by atoms with Crippen molar-refractivity contribution in [3.8, 4) is 0 Å². The van der Waals surface area contributed by atoms with Crippen LogP contribution in [0, 0.1) is 5.92 Å². The molecule has 50 heavy (non-hydrogen) atoms. The number of anilines is 1. The summed E-state index contributed by atoms with van der Waals surface area (Å²) in [7, 11) is 3.75. The van der Waals surface area contributed by atoms with Gasteiger partial charge in [-0.05, 0) is 145 Å². The van der Waals surface area contributed by atoms with Gasteiger partial charge in [0, 0.05) is 29.7 Å². The lowest BCUT2D eigenvalue weighted by Gasteiger charge is -2.46. The molecule has 0 amide bonds. The Morgan fingerprint density at radius 3 is 2.04 bits per heavy atom. The summed E-state index contributed by atoms with van der Waals surface area (Å²) in [5, 5.41) is 2.75. The summed E-state index contributed by atoms with van der Waals surface area (Å²) >= 11 is 12.8. The molecule has 0 spiro atoms. The van der Waals surface area contributed by atoms with Crippen molar-refractivity contribution >= 4 is 55.2 Å². The fraction of sp³-hybridized carbons (Fsp3) is 0.605. The monoisotopic (exact) mass is 745 g/mol. The van der Waals surface area contributed by atoms with E-state index in [1.165, 1.54) is 34.4 Å². The van der Waals surface area contributed by atoms with E-state index in [0.29, 0.717) is 5.92 Å². The molecule has 1 unspecified atom stereocenters. The Balaban J connectivity index is 0. The highest BCUT2D eigenvalue weighted by atomic mass is 32.1. The largest absolute Gasteiger partial charge is 0.366 e. The summed E-state index contributed by atoms with van der Waals surface area (Å²) in [6.45, 7) is 31.2. The Morgan fingerprint density at radius 2 is 1.54 bits per heavy atom. The van der Waals surface area contributed by atoms with Crippen LogP contribution in [0.25, 0.3) is 0 Å². The number of hydrogen-bond donors (Lipinski definition) is 5. The van der Waals surface area contributed by atoms with Gasteiger partial charge in [0.25, 0.3) is 0 Å². The molecule has 3 aliphatic rings. The fourth-order valence-electron chi connectivity index (χ4n) is 5.85. The number of fused-ring (bicyclic) bond motifs is 3. The zero-order chi connectivity index (χ0) is 38.8. The van der Waals surface area contributed by atoms with Gasteiger partial charge >= 0.3 is 0 Å². The summed E-state index contributed by atoms with van der Waals surface area (Å²) < 4.78 is 3.15. The highest BCUT2D eigenvalue weighted by Crippen LogP contribution is 2.43. The van der Waals surface area contributed by atoms with Crippen LogP contribution >= 0.6 is 38.1 Å². The van der Waals surface area contributed by atoms with Gasteiger partial charge in [-0.15, -0.1) is 19.7 Å². The molecule has 0 saturated heterocycles. The number of aliphatic imine (C=N–C) groups is 1. The first-order valence-electron chi connectivity index (χ1n) is 18.9. The van der Waals surface area contributed by atoms with E-state index >= 15 is 0 Å². The van der Waals surface area contributed by atoms with Crippen molar-refractivity contribution in [2.75, 3.05) is 37.0 Å². The van der Waals surface area contributed by atoms with Crippen LogP contribution in [-0.2, 0) is 12.8 Å². The van der Waals surface area contributed by atoms with E-state index in [0.717, 1.165) is 80.8 Å². The minimum absolute atomic E-state index is 0.0350. The second-order valence-electron chi connectivity index (χ2n) is 13.4. The Labute approximate surface area is 327 Å². The van der Waals surface area contributed by atoms with Gasteiger partial charge in [-0.25, -0.2) is 4.99 Å².